The summed E-state index contributed by atoms with van der Waals surface area (Å²) in [6, 6.07) is 18.6. The normalized spacial score (nSPS) is 10.0. The number of ether oxygens (including phenoxy) is 1. The highest BCUT2D eigenvalue weighted by molar-refractivity contribution is 5.34. The Balaban J connectivity index is 1.74. The lowest BCUT2D eigenvalue weighted by Crippen LogP contribution is -2.06. The highest BCUT2D eigenvalue weighted by atomic mass is 16.5. The van der Waals surface area contributed by atoms with Gasteiger partial charge in [-0.25, -0.2) is 0 Å². The van der Waals surface area contributed by atoms with Gasteiger partial charge >= 0.3 is 0 Å². The number of hydrogen-bond donors (Lipinski definition) is 0. The van der Waals surface area contributed by atoms with Crippen molar-refractivity contribution in [3.8, 4) is 17.5 Å². The van der Waals surface area contributed by atoms with Crippen LogP contribution in [0.4, 0.5) is 0 Å². The molecule has 0 bridgehead atoms. The molecule has 0 spiro atoms. The van der Waals surface area contributed by atoms with Crippen molar-refractivity contribution in [2.75, 3.05) is 0 Å². The number of nitrogens with zero attached hydrogens (tertiary/aromatic N) is 5. The molecule has 0 saturated heterocycles. The average Bonchev–Trinajstić information content (AvgIpc) is 3.03. The summed E-state index contributed by atoms with van der Waals surface area (Å²) in [6.45, 7) is 0.244. The number of para-hydroxylation sites is 1. The third-order valence-corrected chi connectivity index (χ3v) is 2.89. The van der Waals surface area contributed by atoms with E-state index in [1.54, 1.807) is 28.9 Å². The van der Waals surface area contributed by atoms with Crippen LogP contribution in [-0.4, -0.2) is 20.2 Å². The third-order valence-electron chi connectivity index (χ3n) is 2.89. The minimum Gasteiger partial charge on any atom is -0.486 e. The first-order chi connectivity index (χ1) is 10.4. The van der Waals surface area contributed by atoms with E-state index in [2.05, 4.69) is 21.6 Å². The van der Waals surface area contributed by atoms with Gasteiger partial charge in [0.25, 0.3) is 0 Å². The van der Waals surface area contributed by atoms with E-state index in [9.17, 15) is 0 Å². The smallest absolute Gasteiger partial charge is 0.194 e. The van der Waals surface area contributed by atoms with Crippen LogP contribution in [0.25, 0.3) is 5.69 Å². The van der Waals surface area contributed by atoms with E-state index in [0.29, 0.717) is 17.1 Å². The first-order valence-electron chi connectivity index (χ1n) is 6.32. The van der Waals surface area contributed by atoms with Crippen molar-refractivity contribution in [3.63, 3.8) is 0 Å². The Morgan fingerprint density at radius 2 is 1.81 bits per heavy atom. The molecule has 0 N–H and O–H groups in total. The van der Waals surface area contributed by atoms with Gasteiger partial charge in [0.2, 0.25) is 0 Å². The molecule has 3 rings (SSSR count). The molecule has 6 nitrogen and oxygen atoms in total. The highest BCUT2D eigenvalue weighted by Crippen LogP contribution is 2.14. The zero-order valence-corrected chi connectivity index (χ0v) is 11.0. The lowest BCUT2D eigenvalue weighted by molar-refractivity contribution is 0.292. The summed E-state index contributed by atoms with van der Waals surface area (Å²) in [6.07, 6.45) is 0. The molecule has 21 heavy (non-hydrogen) atoms. The van der Waals surface area contributed by atoms with E-state index in [4.69, 9.17) is 10.00 Å². The van der Waals surface area contributed by atoms with Crippen molar-refractivity contribution in [3.05, 3.63) is 66.0 Å². The molecule has 102 valence electrons. The maximum atomic E-state index is 8.75. The number of rotatable bonds is 4. The minimum absolute atomic E-state index is 0.244. The molecule has 0 aliphatic heterocycles. The molecule has 0 radical (unpaired) electrons. The summed E-state index contributed by atoms with van der Waals surface area (Å²) >= 11 is 0. The van der Waals surface area contributed by atoms with Gasteiger partial charge in [-0.05, 0) is 46.8 Å². The predicted molar refractivity (Wildman–Crippen MR) is 74.6 cm³/mol. The van der Waals surface area contributed by atoms with Gasteiger partial charge in [0.05, 0.1) is 17.3 Å². The monoisotopic (exact) mass is 277 g/mol. The Labute approximate surface area is 121 Å². The van der Waals surface area contributed by atoms with E-state index in [-0.39, 0.29) is 6.61 Å². The molecule has 3 aromatic rings. The van der Waals surface area contributed by atoms with Crippen LogP contribution in [0.1, 0.15) is 11.4 Å². The summed E-state index contributed by atoms with van der Waals surface area (Å²) in [7, 11) is 0. The molecular formula is C15H11N5O. The molecular weight excluding hydrogens is 266 g/mol. The van der Waals surface area contributed by atoms with Crippen molar-refractivity contribution >= 4 is 0 Å². The van der Waals surface area contributed by atoms with Gasteiger partial charge in [-0.1, -0.05) is 18.2 Å². The van der Waals surface area contributed by atoms with Crippen LogP contribution in [0, 0.1) is 11.3 Å². The van der Waals surface area contributed by atoms with E-state index < -0.39 is 0 Å². The maximum absolute atomic E-state index is 8.75. The zero-order valence-electron chi connectivity index (χ0n) is 11.0. The highest BCUT2D eigenvalue weighted by Gasteiger charge is 2.08. The minimum atomic E-state index is 0.244. The molecule has 2 aromatic carbocycles. The fourth-order valence-electron chi connectivity index (χ4n) is 1.84. The fraction of sp³-hybridized carbons (Fsp3) is 0.0667. The van der Waals surface area contributed by atoms with Gasteiger partial charge in [0.15, 0.2) is 5.82 Å². The van der Waals surface area contributed by atoms with Crippen LogP contribution < -0.4 is 4.74 Å². The largest absolute Gasteiger partial charge is 0.486 e. The third kappa shape index (κ3) is 2.87. The van der Waals surface area contributed by atoms with Crippen LogP contribution in [0.3, 0.4) is 0 Å². The van der Waals surface area contributed by atoms with Gasteiger partial charge in [-0.3, -0.25) is 0 Å². The zero-order chi connectivity index (χ0) is 14.5. The molecule has 0 atom stereocenters. The van der Waals surface area contributed by atoms with Crippen molar-refractivity contribution in [1.82, 2.24) is 20.2 Å². The summed E-state index contributed by atoms with van der Waals surface area (Å²) in [5.74, 6) is 1.27. The summed E-state index contributed by atoms with van der Waals surface area (Å²) in [4.78, 5) is 0. The molecule has 0 aliphatic rings. The van der Waals surface area contributed by atoms with Gasteiger partial charge < -0.3 is 4.74 Å². The summed E-state index contributed by atoms with van der Waals surface area (Å²) < 4.78 is 7.27. The number of tetrazole rings is 1. The topological polar surface area (TPSA) is 76.6 Å². The Morgan fingerprint density at radius 1 is 1.05 bits per heavy atom. The number of aromatic nitrogens is 4. The van der Waals surface area contributed by atoms with Crippen molar-refractivity contribution in [2.24, 2.45) is 0 Å². The molecule has 0 saturated carbocycles. The first-order valence-corrected chi connectivity index (χ1v) is 6.32. The molecule has 6 heteroatoms. The van der Waals surface area contributed by atoms with E-state index in [1.807, 2.05) is 30.3 Å². The fourth-order valence-corrected chi connectivity index (χ4v) is 1.84. The molecule has 0 aliphatic carbocycles. The van der Waals surface area contributed by atoms with Gasteiger partial charge in [0, 0.05) is 0 Å². The van der Waals surface area contributed by atoms with Crippen LogP contribution in [0.15, 0.2) is 54.6 Å². The predicted octanol–water partition coefficient (Wildman–Crippen LogP) is 2.11. The first kappa shape index (κ1) is 12.8. The van der Waals surface area contributed by atoms with E-state index >= 15 is 0 Å². The standard InChI is InChI=1S/C15H11N5O/c16-10-12-6-8-14(9-7-12)21-11-15-17-18-19-20(15)13-4-2-1-3-5-13/h1-9H,11H2. The Bertz CT molecular complexity index is 759. The molecule has 1 heterocycles. The summed E-state index contributed by atoms with van der Waals surface area (Å²) in [5, 5.41) is 20.4. The Hall–Kier alpha value is -3.20. The lowest BCUT2D eigenvalue weighted by Gasteiger charge is -2.06. The van der Waals surface area contributed by atoms with Gasteiger partial charge in [-0.2, -0.15) is 9.94 Å². The van der Waals surface area contributed by atoms with Gasteiger partial charge in [0.1, 0.15) is 12.4 Å². The van der Waals surface area contributed by atoms with Gasteiger partial charge in [-0.15, -0.1) is 5.10 Å². The van der Waals surface area contributed by atoms with Crippen LogP contribution in [0.2, 0.25) is 0 Å². The van der Waals surface area contributed by atoms with Crippen molar-refractivity contribution in [1.29, 1.82) is 5.26 Å². The van der Waals surface area contributed by atoms with Crippen molar-refractivity contribution in [2.45, 2.75) is 6.61 Å². The van der Waals surface area contributed by atoms with E-state index in [1.165, 1.54) is 0 Å². The SMILES string of the molecule is N#Cc1ccc(OCc2nnnn2-c2ccccc2)cc1. The van der Waals surface area contributed by atoms with Crippen LogP contribution >= 0.6 is 0 Å². The molecule has 0 amide bonds. The lowest BCUT2D eigenvalue weighted by atomic mass is 10.2. The molecule has 0 unspecified atom stereocenters. The second kappa shape index (κ2) is 5.84. The number of benzene rings is 2. The number of nitriles is 1. The van der Waals surface area contributed by atoms with Crippen molar-refractivity contribution < 1.29 is 4.74 Å². The van der Waals surface area contributed by atoms with Crippen LogP contribution in [0.5, 0.6) is 5.75 Å². The second-order valence-electron chi connectivity index (χ2n) is 4.27. The Kier molecular flexibility index (Phi) is 3.56. The quantitative estimate of drug-likeness (QED) is 0.730. The van der Waals surface area contributed by atoms with E-state index in [0.717, 1.165) is 5.69 Å². The molecule has 0 fully saturated rings. The second-order valence-corrected chi connectivity index (χ2v) is 4.27. The Morgan fingerprint density at radius 3 is 2.52 bits per heavy atom. The number of hydrogen-bond acceptors (Lipinski definition) is 5. The molecule has 1 aromatic heterocycles. The maximum Gasteiger partial charge on any atom is 0.194 e. The van der Waals surface area contributed by atoms with Crippen LogP contribution in [-0.2, 0) is 6.61 Å². The summed E-state index contributed by atoms with van der Waals surface area (Å²) in [5.41, 5.74) is 1.47. The average molecular weight is 277 g/mol.